The maximum atomic E-state index is 12.0. The molecule has 0 spiro atoms. The van der Waals surface area contributed by atoms with Crippen molar-refractivity contribution in [3.05, 3.63) is 0 Å². The lowest BCUT2D eigenvalue weighted by atomic mass is 10.0. The topological polar surface area (TPSA) is 61.6 Å². The van der Waals surface area contributed by atoms with Crippen molar-refractivity contribution in [1.29, 1.82) is 0 Å². The van der Waals surface area contributed by atoms with Crippen LogP contribution in [0.4, 0.5) is 0 Å². The molecule has 3 N–H and O–H groups in total. The quantitative estimate of drug-likeness (QED) is 0.723. The van der Waals surface area contributed by atoms with Crippen LogP contribution >= 0.6 is 0 Å². The third kappa shape index (κ3) is 5.80. The molecule has 0 aliphatic carbocycles. The van der Waals surface area contributed by atoms with Crippen molar-refractivity contribution in [2.75, 3.05) is 33.2 Å². The van der Waals surface area contributed by atoms with E-state index < -0.39 is 0 Å². The Morgan fingerprint density at radius 3 is 2.39 bits per heavy atom. The molecule has 1 aliphatic rings. The Bertz CT molecular complexity index is 249. The van der Waals surface area contributed by atoms with Crippen LogP contribution in [-0.2, 0) is 4.79 Å². The van der Waals surface area contributed by atoms with Crippen molar-refractivity contribution in [3.63, 3.8) is 0 Å². The van der Waals surface area contributed by atoms with E-state index in [1.165, 1.54) is 0 Å². The normalized spacial score (nSPS) is 21.6. The molecule has 1 fully saturated rings. The van der Waals surface area contributed by atoms with E-state index in [0.717, 1.165) is 45.4 Å². The summed E-state index contributed by atoms with van der Waals surface area (Å²) in [4.78, 5) is 14.2. The number of piperazine rings is 1. The summed E-state index contributed by atoms with van der Waals surface area (Å²) in [7, 11) is 2.11. The minimum atomic E-state index is 0.0726. The molecule has 0 aromatic carbocycles. The molecule has 0 bridgehead atoms. The zero-order chi connectivity index (χ0) is 13.5. The van der Waals surface area contributed by atoms with Gasteiger partial charge in [0.25, 0.3) is 0 Å². The molecule has 106 valence electrons. The molecule has 1 rings (SSSR count). The van der Waals surface area contributed by atoms with E-state index in [9.17, 15) is 4.79 Å². The fourth-order valence-corrected chi connectivity index (χ4v) is 2.06. The second-order valence-electron chi connectivity index (χ2n) is 5.58. The van der Waals surface area contributed by atoms with E-state index in [1.807, 2.05) is 18.9 Å². The van der Waals surface area contributed by atoms with Gasteiger partial charge in [-0.05, 0) is 26.8 Å². The molecule has 18 heavy (non-hydrogen) atoms. The van der Waals surface area contributed by atoms with Gasteiger partial charge < -0.3 is 10.6 Å². The van der Waals surface area contributed by atoms with Crippen molar-refractivity contribution >= 4 is 5.91 Å². The van der Waals surface area contributed by atoms with Gasteiger partial charge in [0.15, 0.2) is 0 Å². The average molecular weight is 256 g/mol. The van der Waals surface area contributed by atoms with Crippen molar-refractivity contribution in [2.45, 2.75) is 39.2 Å². The number of rotatable bonds is 6. The lowest BCUT2D eigenvalue weighted by molar-refractivity contribution is -0.130. The Labute approximate surface area is 111 Å². The Morgan fingerprint density at radius 2 is 1.83 bits per heavy atom. The number of nitrogens with one attached hydrogen (secondary N) is 1. The summed E-state index contributed by atoms with van der Waals surface area (Å²) in [6.07, 6.45) is 2.93. The zero-order valence-electron chi connectivity index (χ0n) is 12.0. The first-order valence-corrected chi connectivity index (χ1v) is 6.98. The van der Waals surface area contributed by atoms with E-state index >= 15 is 0 Å². The number of amides is 1. The summed E-state index contributed by atoms with van der Waals surface area (Å²) in [5, 5.41) is 2.03. The average Bonchev–Trinajstić information content (AvgIpc) is 2.31. The Morgan fingerprint density at radius 1 is 1.22 bits per heavy atom. The highest BCUT2D eigenvalue weighted by Crippen LogP contribution is 2.09. The Kier molecular flexibility index (Phi) is 6.60. The van der Waals surface area contributed by atoms with Gasteiger partial charge in [-0.1, -0.05) is 13.3 Å². The summed E-state index contributed by atoms with van der Waals surface area (Å²) in [6.45, 7) is 7.85. The van der Waals surface area contributed by atoms with Crippen LogP contribution in [0.5, 0.6) is 0 Å². The van der Waals surface area contributed by atoms with Gasteiger partial charge in [0.1, 0.15) is 0 Å². The summed E-state index contributed by atoms with van der Waals surface area (Å²) >= 11 is 0. The molecule has 1 amide bonds. The third-order valence-electron chi connectivity index (χ3n) is 3.52. The molecule has 1 aliphatic heterocycles. The second kappa shape index (κ2) is 7.71. The minimum absolute atomic E-state index is 0.0726. The number of carbonyl (C=O) groups excluding carboxylic acids is 1. The predicted molar refractivity (Wildman–Crippen MR) is 73.9 cm³/mol. The SMILES string of the molecule is CC(N)CCCC(C)C(=O)NN1CCN(C)CC1. The van der Waals surface area contributed by atoms with Crippen LogP contribution in [0.15, 0.2) is 0 Å². The fraction of sp³-hybridized carbons (Fsp3) is 0.923. The number of likely N-dealkylation sites (N-methyl/N-ethyl adjacent to an activating group) is 1. The summed E-state index contributed by atoms with van der Waals surface area (Å²) in [5.41, 5.74) is 8.72. The molecule has 1 saturated heterocycles. The molecular weight excluding hydrogens is 228 g/mol. The van der Waals surface area contributed by atoms with Gasteiger partial charge >= 0.3 is 0 Å². The highest BCUT2D eigenvalue weighted by molar-refractivity contribution is 5.77. The van der Waals surface area contributed by atoms with Gasteiger partial charge in [-0.2, -0.15) is 0 Å². The maximum absolute atomic E-state index is 12.0. The number of hydrogen-bond donors (Lipinski definition) is 2. The number of hydrazine groups is 1. The Hall–Kier alpha value is -0.650. The van der Waals surface area contributed by atoms with Crippen LogP contribution in [0, 0.1) is 5.92 Å². The van der Waals surface area contributed by atoms with Gasteiger partial charge in [0.05, 0.1) is 0 Å². The molecule has 2 unspecified atom stereocenters. The minimum Gasteiger partial charge on any atom is -0.328 e. The van der Waals surface area contributed by atoms with Crippen molar-refractivity contribution < 1.29 is 4.79 Å². The molecule has 0 radical (unpaired) electrons. The number of hydrogen-bond acceptors (Lipinski definition) is 4. The van der Waals surface area contributed by atoms with E-state index in [-0.39, 0.29) is 17.9 Å². The summed E-state index contributed by atoms with van der Waals surface area (Å²) < 4.78 is 0. The molecular formula is C13H28N4O. The number of nitrogens with zero attached hydrogens (tertiary/aromatic N) is 2. The van der Waals surface area contributed by atoms with E-state index in [1.54, 1.807) is 0 Å². The van der Waals surface area contributed by atoms with Crippen LogP contribution in [0.1, 0.15) is 33.1 Å². The molecule has 5 nitrogen and oxygen atoms in total. The molecule has 0 aromatic heterocycles. The summed E-state index contributed by atoms with van der Waals surface area (Å²) in [6, 6.07) is 0.234. The first-order chi connectivity index (χ1) is 8.49. The van der Waals surface area contributed by atoms with Gasteiger partial charge in [-0.3, -0.25) is 10.2 Å². The van der Waals surface area contributed by atoms with Gasteiger partial charge in [0, 0.05) is 38.1 Å². The predicted octanol–water partition coefficient (Wildman–Crippen LogP) is 0.419. The molecule has 0 aromatic rings. The number of carbonyl (C=O) groups is 1. The second-order valence-corrected chi connectivity index (χ2v) is 5.58. The third-order valence-corrected chi connectivity index (χ3v) is 3.52. The standard InChI is InChI=1S/C13H28N4O/c1-11(5-4-6-12(2)14)13(18)15-17-9-7-16(3)8-10-17/h11-12H,4-10,14H2,1-3H3,(H,15,18). The van der Waals surface area contributed by atoms with E-state index in [4.69, 9.17) is 5.73 Å². The highest BCUT2D eigenvalue weighted by atomic mass is 16.2. The monoisotopic (exact) mass is 256 g/mol. The van der Waals surface area contributed by atoms with E-state index in [0.29, 0.717) is 0 Å². The van der Waals surface area contributed by atoms with Crippen molar-refractivity contribution in [3.8, 4) is 0 Å². The van der Waals surface area contributed by atoms with Gasteiger partial charge in [-0.15, -0.1) is 0 Å². The first kappa shape index (κ1) is 15.4. The highest BCUT2D eigenvalue weighted by Gasteiger charge is 2.19. The fourth-order valence-electron chi connectivity index (χ4n) is 2.06. The van der Waals surface area contributed by atoms with Crippen molar-refractivity contribution in [2.24, 2.45) is 11.7 Å². The van der Waals surface area contributed by atoms with Crippen LogP contribution in [0.3, 0.4) is 0 Å². The van der Waals surface area contributed by atoms with E-state index in [2.05, 4.69) is 17.4 Å². The van der Waals surface area contributed by atoms with Gasteiger partial charge in [0.2, 0.25) is 5.91 Å². The largest absolute Gasteiger partial charge is 0.328 e. The molecule has 1 heterocycles. The van der Waals surface area contributed by atoms with Crippen LogP contribution in [0.2, 0.25) is 0 Å². The maximum Gasteiger partial charge on any atom is 0.237 e. The van der Waals surface area contributed by atoms with Gasteiger partial charge in [-0.25, -0.2) is 5.01 Å². The smallest absolute Gasteiger partial charge is 0.237 e. The molecule has 2 atom stereocenters. The lowest BCUT2D eigenvalue weighted by Gasteiger charge is -2.33. The molecule has 0 saturated carbocycles. The molecule has 5 heteroatoms. The Balaban J connectivity index is 2.18. The number of nitrogens with two attached hydrogens (primary N) is 1. The first-order valence-electron chi connectivity index (χ1n) is 6.98. The zero-order valence-corrected chi connectivity index (χ0v) is 12.0. The van der Waals surface area contributed by atoms with Crippen molar-refractivity contribution in [1.82, 2.24) is 15.3 Å². The van der Waals surface area contributed by atoms with Crippen LogP contribution in [0.25, 0.3) is 0 Å². The summed E-state index contributed by atoms with van der Waals surface area (Å²) in [5.74, 6) is 0.215. The lowest BCUT2D eigenvalue weighted by Crippen LogP contribution is -2.53. The van der Waals surface area contributed by atoms with Crippen LogP contribution in [-0.4, -0.2) is 55.1 Å². The van der Waals surface area contributed by atoms with Crippen LogP contribution < -0.4 is 11.2 Å².